The molecule has 0 bridgehead atoms. The van der Waals surface area contributed by atoms with Gasteiger partial charge in [-0.25, -0.2) is 4.39 Å². The van der Waals surface area contributed by atoms with E-state index in [1.54, 1.807) is 6.07 Å². The summed E-state index contributed by atoms with van der Waals surface area (Å²) in [6.07, 6.45) is 0.427. The molecular weight excluding hydrogens is 263 g/mol. The van der Waals surface area contributed by atoms with Gasteiger partial charge < -0.3 is 4.74 Å². The minimum absolute atomic E-state index is 0.292. The molecule has 0 heterocycles. The average molecular weight is 275 g/mol. The number of aryl methyl sites for hydroxylation is 1. The van der Waals surface area contributed by atoms with E-state index in [-0.39, 0.29) is 11.8 Å². The monoisotopic (exact) mass is 274 g/mol. The van der Waals surface area contributed by atoms with E-state index in [0.717, 1.165) is 11.1 Å². The Morgan fingerprint density at radius 1 is 1.60 bits per heavy atom. The smallest absolute Gasteiger partial charge is 0.319 e. The molecule has 0 aliphatic rings. The molecule has 1 unspecified atom stereocenters. The van der Waals surface area contributed by atoms with E-state index >= 15 is 0 Å². The first kappa shape index (κ1) is 12.2. The minimum atomic E-state index is -0.428. The van der Waals surface area contributed by atoms with E-state index in [1.807, 2.05) is 6.92 Å². The van der Waals surface area contributed by atoms with Crippen molar-refractivity contribution in [1.82, 2.24) is 0 Å². The molecule has 1 atom stereocenters. The molecule has 1 aromatic rings. The van der Waals surface area contributed by atoms with Gasteiger partial charge in [-0.3, -0.25) is 4.79 Å². The summed E-state index contributed by atoms with van der Waals surface area (Å²) >= 11 is 3.20. The maximum atomic E-state index is 12.9. The molecule has 2 nitrogen and oxygen atoms in total. The lowest BCUT2D eigenvalue weighted by molar-refractivity contribution is -0.139. The molecule has 0 fully saturated rings. The van der Waals surface area contributed by atoms with Crippen LogP contribution in [0.3, 0.4) is 0 Å². The number of alkyl halides is 1. The van der Waals surface area contributed by atoms with E-state index < -0.39 is 4.83 Å². The fourth-order valence-corrected chi connectivity index (χ4v) is 1.80. The molecule has 0 aliphatic carbocycles. The fourth-order valence-electron chi connectivity index (χ4n) is 1.26. The van der Waals surface area contributed by atoms with Crippen LogP contribution in [0.2, 0.25) is 0 Å². The van der Waals surface area contributed by atoms with Gasteiger partial charge in [0.05, 0.1) is 7.11 Å². The Balaban J connectivity index is 2.80. The van der Waals surface area contributed by atoms with Crippen LogP contribution in [-0.4, -0.2) is 17.9 Å². The third kappa shape index (κ3) is 3.30. The summed E-state index contributed by atoms with van der Waals surface area (Å²) in [7, 11) is 1.33. The predicted octanol–water partition coefficient (Wildman–Crippen LogP) is 2.61. The van der Waals surface area contributed by atoms with Gasteiger partial charge in [-0.2, -0.15) is 0 Å². The van der Waals surface area contributed by atoms with Crippen molar-refractivity contribution in [2.45, 2.75) is 18.2 Å². The highest BCUT2D eigenvalue weighted by Crippen LogP contribution is 2.16. The maximum Gasteiger partial charge on any atom is 0.319 e. The highest BCUT2D eigenvalue weighted by molar-refractivity contribution is 9.10. The number of carbonyl (C=O) groups excluding carboxylic acids is 1. The van der Waals surface area contributed by atoms with Crippen LogP contribution >= 0.6 is 15.9 Å². The van der Waals surface area contributed by atoms with E-state index in [9.17, 15) is 9.18 Å². The number of hydrogen-bond donors (Lipinski definition) is 0. The highest BCUT2D eigenvalue weighted by atomic mass is 79.9. The van der Waals surface area contributed by atoms with Crippen molar-refractivity contribution in [3.05, 3.63) is 35.1 Å². The standard InChI is InChI=1S/C11H12BrFO2/c1-7-3-4-9(13)5-8(7)6-10(12)11(14)15-2/h3-5,10H,6H2,1-2H3. The normalized spacial score (nSPS) is 12.3. The molecule has 0 amide bonds. The molecule has 0 saturated heterocycles. The second-order valence-corrected chi connectivity index (χ2v) is 4.37. The van der Waals surface area contributed by atoms with Gasteiger partial charge in [0.15, 0.2) is 0 Å². The van der Waals surface area contributed by atoms with Gasteiger partial charge in [-0.05, 0) is 36.6 Å². The zero-order chi connectivity index (χ0) is 11.4. The zero-order valence-electron chi connectivity index (χ0n) is 8.59. The van der Waals surface area contributed by atoms with Crippen molar-refractivity contribution in [2.75, 3.05) is 7.11 Å². The molecule has 15 heavy (non-hydrogen) atoms. The minimum Gasteiger partial charge on any atom is -0.468 e. The number of methoxy groups -OCH3 is 1. The van der Waals surface area contributed by atoms with E-state index in [4.69, 9.17) is 0 Å². The predicted molar refractivity (Wildman–Crippen MR) is 59.6 cm³/mol. The molecule has 0 aromatic heterocycles. The first-order valence-corrected chi connectivity index (χ1v) is 5.43. The van der Waals surface area contributed by atoms with Crippen molar-refractivity contribution in [3.63, 3.8) is 0 Å². The van der Waals surface area contributed by atoms with Crippen molar-refractivity contribution < 1.29 is 13.9 Å². The number of hydrogen-bond acceptors (Lipinski definition) is 2. The quantitative estimate of drug-likeness (QED) is 0.626. The van der Waals surface area contributed by atoms with Crippen LogP contribution in [0.15, 0.2) is 18.2 Å². The lowest BCUT2D eigenvalue weighted by Crippen LogP contribution is -2.18. The van der Waals surface area contributed by atoms with Gasteiger partial charge in [-0.15, -0.1) is 0 Å². The van der Waals surface area contributed by atoms with Crippen LogP contribution in [0.1, 0.15) is 11.1 Å². The van der Waals surface area contributed by atoms with Crippen LogP contribution < -0.4 is 0 Å². The fraction of sp³-hybridized carbons (Fsp3) is 0.364. The van der Waals surface area contributed by atoms with Gasteiger partial charge >= 0.3 is 5.97 Å². The molecule has 1 aromatic carbocycles. The lowest BCUT2D eigenvalue weighted by atomic mass is 10.0. The Labute approximate surface area is 96.6 Å². The van der Waals surface area contributed by atoms with Crippen LogP contribution in [0.4, 0.5) is 4.39 Å². The second kappa shape index (κ2) is 5.26. The van der Waals surface area contributed by atoms with E-state index in [1.165, 1.54) is 19.2 Å². The van der Waals surface area contributed by atoms with Crippen LogP contribution in [0.5, 0.6) is 0 Å². The molecule has 82 valence electrons. The van der Waals surface area contributed by atoms with Gasteiger partial charge in [0.2, 0.25) is 0 Å². The Morgan fingerprint density at radius 2 is 2.27 bits per heavy atom. The van der Waals surface area contributed by atoms with Crippen molar-refractivity contribution >= 4 is 21.9 Å². The number of halogens is 2. The molecule has 1 rings (SSSR count). The van der Waals surface area contributed by atoms with Crippen molar-refractivity contribution in [1.29, 1.82) is 0 Å². The van der Waals surface area contributed by atoms with E-state index in [2.05, 4.69) is 20.7 Å². The SMILES string of the molecule is COC(=O)C(Br)Cc1cc(F)ccc1C. The van der Waals surface area contributed by atoms with Crippen LogP contribution in [0, 0.1) is 12.7 Å². The molecule has 0 N–H and O–H groups in total. The molecule has 0 spiro atoms. The summed E-state index contributed by atoms with van der Waals surface area (Å²) in [6, 6.07) is 4.54. The van der Waals surface area contributed by atoms with Gasteiger partial charge in [0.25, 0.3) is 0 Å². The first-order valence-electron chi connectivity index (χ1n) is 4.51. The Bertz CT molecular complexity index is 366. The second-order valence-electron chi connectivity index (χ2n) is 3.27. The summed E-state index contributed by atoms with van der Waals surface area (Å²) in [5, 5.41) is 0. The third-order valence-electron chi connectivity index (χ3n) is 2.17. The molecular formula is C11H12BrFO2. The van der Waals surface area contributed by atoms with Crippen LogP contribution in [-0.2, 0) is 16.0 Å². The number of esters is 1. The molecule has 0 radical (unpaired) electrons. The Hall–Kier alpha value is -0.900. The largest absolute Gasteiger partial charge is 0.468 e. The number of benzene rings is 1. The zero-order valence-corrected chi connectivity index (χ0v) is 10.2. The summed E-state index contributed by atoms with van der Waals surface area (Å²) < 4.78 is 17.5. The molecule has 0 aliphatic heterocycles. The Morgan fingerprint density at radius 3 is 2.87 bits per heavy atom. The first-order chi connectivity index (χ1) is 7.04. The molecule has 0 saturated carbocycles. The van der Waals surface area contributed by atoms with Gasteiger partial charge in [-0.1, -0.05) is 22.0 Å². The van der Waals surface area contributed by atoms with Gasteiger partial charge in [0.1, 0.15) is 10.6 Å². The van der Waals surface area contributed by atoms with Gasteiger partial charge in [0, 0.05) is 0 Å². The number of ether oxygens (including phenoxy) is 1. The summed E-state index contributed by atoms with van der Waals surface area (Å²) in [5.74, 6) is -0.640. The molecule has 4 heteroatoms. The third-order valence-corrected chi connectivity index (χ3v) is 2.86. The van der Waals surface area contributed by atoms with E-state index in [0.29, 0.717) is 6.42 Å². The van der Waals surface area contributed by atoms with Crippen molar-refractivity contribution in [2.24, 2.45) is 0 Å². The average Bonchev–Trinajstić information content (AvgIpc) is 2.22. The lowest BCUT2D eigenvalue weighted by Gasteiger charge is -2.09. The number of carbonyl (C=O) groups is 1. The van der Waals surface area contributed by atoms with Crippen molar-refractivity contribution in [3.8, 4) is 0 Å². The number of rotatable bonds is 3. The summed E-state index contributed by atoms with van der Waals surface area (Å²) in [4.78, 5) is 10.7. The van der Waals surface area contributed by atoms with Crippen LogP contribution in [0.25, 0.3) is 0 Å². The summed E-state index contributed by atoms with van der Waals surface area (Å²) in [6.45, 7) is 1.88. The summed E-state index contributed by atoms with van der Waals surface area (Å²) in [5.41, 5.74) is 1.77. The highest BCUT2D eigenvalue weighted by Gasteiger charge is 2.16. The maximum absolute atomic E-state index is 12.9. The Kier molecular flexibility index (Phi) is 4.27. The topological polar surface area (TPSA) is 26.3 Å².